The van der Waals surface area contributed by atoms with Gasteiger partial charge in [0.25, 0.3) is 0 Å². The highest BCUT2D eigenvalue weighted by Crippen LogP contribution is 2.34. The lowest BCUT2D eigenvalue weighted by Crippen LogP contribution is -2.37. The van der Waals surface area contributed by atoms with E-state index >= 15 is 0 Å². The van der Waals surface area contributed by atoms with Crippen LogP contribution in [0.4, 0.5) is 0 Å². The topological polar surface area (TPSA) is 81.9 Å². The Kier molecular flexibility index (Phi) is 4.99. The summed E-state index contributed by atoms with van der Waals surface area (Å²) in [5, 5.41) is 0. The molecule has 0 saturated carbocycles. The maximum absolute atomic E-state index is 13.0. The number of rotatable bonds is 5. The van der Waals surface area contributed by atoms with Gasteiger partial charge in [-0.1, -0.05) is 12.1 Å². The number of piperidine rings is 1. The molecular formula is C20H22N2O5S. The van der Waals surface area contributed by atoms with Crippen LogP contribution in [0.1, 0.15) is 24.7 Å². The summed E-state index contributed by atoms with van der Waals surface area (Å²) in [6.07, 6.45) is 1.33. The zero-order chi connectivity index (χ0) is 19.7. The summed E-state index contributed by atoms with van der Waals surface area (Å²) in [5.41, 5.74) is 1.59. The predicted molar refractivity (Wildman–Crippen MR) is 104 cm³/mol. The molecule has 1 saturated heterocycles. The molecule has 2 heterocycles. The largest absolute Gasteiger partial charge is 0.493 e. The second-order valence-electron chi connectivity index (χ2n) is 6.71. The van der Waals surface area contributed by atoms with E-state index in [1.54, 1.807) is 12.1 Å². The molecule has 0 spiro atoms. The van der Waals surface area contributed by atoms with Crippen molar-refractivity contribution >= 4 is 21.1 Å². The van der Waals surface area contributed by atoms with E-state index in [4.69, 9.17) is 13.9 Å². The highest BCUT2D eigenvalue weighted by atomic mass is 32.2. The quantitative estimate of drug-likeness (QED) is 0.650. The SMILES string of the molecule is COc1ccc(S(=O)(=O)N2CCC(c3nc4ccccc4o3)CC2)cc1OC. The summed E-state index contributed by atoms with van der Waals surface area (Å²) in [7, 11) is -0.600. The van der Waals surface area contributed by atoms with Gasteiger partial charge in [0.2, 0.25) is 10.0 Å². The van der Waals surface area contributed by atoms with Crippen LogP contribution >= 0.6 is 0 Å². The van der Waals surface area contributed by atoms with E-state index < -0.39 is 10.0 Å². The lowest BCUT2D eigenvalue weighted by molar-refractivity contribution is 0.293. The van der Waals surface area contributed by atoms with Crippen LogP contribution in [0.2, 0.25) is 0 Å². The predicted octanol–water partition coefficient (Wildman–Crippen LogP) is 3.41. The summed E-state index contributed by atoms with van der Waals surface area (Å²) >= 11 is 0. The summed E-state index contributed by atoms with van der Waals surface area (Å²) in [6, 6.07) is 12.3. The normalized spacial score (nSPS) is 16.4. The molecule has 0 atom stereocenters. The number of hydrogen-bond donors (Lipinski definition) is 0. The van der Waals surface area contributed by atoms with Gasteiger partial charge in [-0.05, 0) is 37.1 Å². The lowest BCUT2D eigenvalue weighted by Gasteiger charge is -2.29. The number of hydrogen-bond acceptors (Lipinski definition) is 6. The highest BCUT2D eigenvalue weighted by Gasteiger charge is 2.32. The molecule has 1 fully saturated rings. The van der Waals surface area contributed by atoms with Gasteiger partial charge in [0.05, 0.1) is 19.1 Å². The summed E-state index contributed by atoms with van der Waals surface area (Å²) in [4.78, 5) is 4.76. The number of oxazole rings is 1. The first-order valence-corrected chi connectivity index (χ1v) is 10.5. The first-order chi connectivity index (χ1) is 13.5. The number of nitrogens with zero attached hydrogens (tertiary/aromatic N) is 2. The van der Waals surface area contributed by atoms with Gasteiger partial charge in [0.1, 0.15) is 5.52 Å². The fourth-order valence-corrected chi connectivity index (χ4v) is 5.02. The van der Waals surface area contributed by atoms with Crippen molar-refractivity contribution in [3.05, 3.63) is 48.4 Å². The van der Waals surface area contributed by atoms with E-state index in [2.05, 4.69) is 4.98 Å². The molecule has 0 N–H and O–H groups in total. The third kappa shape index (κ3) is 3.33. The number of aromatic nitrogens is 1. The molecule has 0 amide bonds. The minimum atomic E-state index is -3.60. The molecule has 8 heteroatoms. The molecular weight excluding hydrogens is 380 g/mol. The zero-order valence-electron chi connectivity index (χ0n) is 15.8. The van der Waals surface area contributed by atoms with Crippen molar-refractivity contribution in [1.29, 1.82) is 0 Å². The van der Waals surface area contributed by atoms with Gasteiger partial charge in [-0.25, -0.2) is 13.4 Å². The molecule has 1 aliphatic rings. The van der Waals surface area contributed by atoms with Crippen LogP contribution in [-0.4, -0.2) is 45.0 Å². The maximum Gasteiger partial charge on any atom is 0.243 e. The molecule has 1 aliphatic heterocycles. The van der Waals surface area contributed by atoms with Gasteiger partial charge < -0.3 is 13.9 Å². The number of methoxy groups -OCH3 is 2. The smallest absolute Gasteiger partial charge is 0.243 e. The first kappa shape index (κ1) is 18.8. The van der Waals surface area contributed by atoms with Crippen molar-refractivity contribution < 1.29 is 22.3 Å². The number of fused-ring (bicyclic) bond motifs is 1. The molecule has 7 nitrogen and oxygen atoms in total. The Morgan fingerprint density at radius 2 is 1.75 bits per heavy atom. The van der Waals surface area contributed by atoms with Crippen LogP contribution in [0.5, 0.6) is 11.5 Å². The Morgan fingerprint density at radius 1 is 1.04 bits per heavy atom. The Balaban J connectivity index is 1.51. The second kappa shape index (κ2) is 7.44. The van der Waals surface area contributed by atoms with Crippen LogP contribution in [-0.2, 0) is 10.0 Å². The molecule has 2 aromatic carbocycles. The number of sulfonamides is 1. The fourth-order valence-electron chi connectivity index (χ4n) is 3.53. The lowest BCUT2D eigenvalue weighted by atomic mass is 9.98. The van der Waals surface area contributed by atoms with Crippen LogP contribution in [0.15, 0.2) is 51.8 Å². The van der Waals surface area contributed by atoms with Gasteiger partial charge in [-0.2, -0.15) is 4.31 Å². The van der Waals surface area contributed by atoms with E-state index in [1.165, 1.54) is 24.6 Å². The standard InChI is InChI=1S/C20H22N2O5S/c1-25-18-8-7-15(13-19(18)26-2)28(23,24)22-11-9-14(10-12-22)20-21-16-5-3-4-6-17(16)27-20/h3-8,13-14H,9-12H2,1-2H3. The molecule has 0 bridgehead atoms. The van der Waals surface area contributed by atoms with Crippen molar-refractivity contribution in [2.24, 2.45) is 0 Å². The molecule has 28 heavy (non-hydrogen) atoms. The summed E-state index contributed by atoms with van der Waals surface area (Å²) < 4.78 is 43.8. The maximum atomic E-state index is 13.0. The van der Waals surface area contributed by atoms with E-state index in [1.807, 2.05) is 24.3 Å². The third-order valence-electron chi connectivity index (χ3n) is 5.11. The van der Waals surface area contributed by atoms with Crippen LogP contribution < -0.4 is 9.47 Å². The molecule has 4 rings (SSSR count). The van der Waals surface area contributed by atoms with Crippen LogP contribution in [0.25, 0.3) is 11.1 Å². The van der Waals surface area contributed by atoms with Gasteiger partial charge in [-0.15, -0.1) is 0 Å². The average Bonchev–Trinajstić information content (AvgIpc) is 3.17. The Hall–Kier alpha value is -2.58. The van der Waals surface area contributed by atoms with E-state index in [0.29, 0.717) is 43.3 Å². The highest BCUT2D eigenvalue weighted by molar-refractivity contribution is 7.89. The molecule has 0 aliphatic carbocycles. The van der Waals surface area contributed by atoms with E-state index in [-0.39, 0.29) is 10.8 Å². The zero-order valence-corrected chi connectivity index (χ0v) is 16.6. The monoisotopic (exact) mass is 402 g/mol. The number of para-hydroxylation sites is 2. The minimum absolute atomic E-state index is 0.115. The molecule has 1 aromatic heterocycles. The van der Waals surface area contributed by atoms with Crippen molar-refractivity contribution in [1.82, 2.24) is 9.29 Å². The summed E-state index contributed by atoms with van der Waals surface area (Å²) in [5.74, 6) is 1.69. The van der Waals surface area contributed by atoms with E-state index in [9.17, 15) is 8.42 Å². The van der Waals surface area contributed by atoms with Gasteiger partial charge in [-0.3, -0.25) is 0 Å². The Morgan fingerprint density at radius 3 is 2.43 bits per heavy atom. The molecule has 0 unspecified atom stereocenters. The minimum Gasteiger partial charge on any atom is -0.493 e. The first-order valence-electron chi connectivity index (χ1n) is 9.10. The van der Waals surface area contributed by atoms with Gasteiger partial charge in [0, 0.05) is 25.1 Å². The number of benzene rings is 2. The Labute approximate surface area is 163 Å². The van der Waals surface area contributed by atoms with Gasteiger partial charge >= 0.3 is 0 Å². The van der Waals surface area contributed by atoms with Crippen LogP contribution in [0, 0.1) is 0 Å². The third-order valence-corrected chi connectivity index (χ3v) is 7.00. The van der Waals surface area contributed by atoms with Crippen molar-refractivity contribution in [2.45, 2.75) is 23.7 Å². The Bertz CT molecular complexity index is 1050. The van der Waals surface area contributed by atoms with Crippen molar-refractivity contribution in [2.75, 3.05) is 27.3 Å². The van der Waals surface area contributed by atoms with Gasteiger partial charge in [0.15, 0.2) is 23.0 Å². The van der Waals surface area contributed by atoms with Crippen molar-refractivity contribution in [3.8, 4) is 11.5 Å². The van der Waals surface area contributed by atoms with Crippen molar-refractivity contribution in [3.63, 3.8) is 0 Å². The van der Waals surface area contributed by atoms with Crippen LogP contribution in [0.3, 0.4) is 0 Å². The summed E-state index contributed by atoms with van der Waals surface area (Å²) in [6.45, 7) is 0.833. The molecule has 3 aromatic rings. The second-order valence-corrected chi connectivity index (χ2v) is 8.65. The molecule has 0 radical (unpaired) electrons. The number of ether oxygens (including phenoxy) is 2. The fraction of sp³-hybridized carbons (Fsp3) is 0.350. The van der Waals surface area contributed by atoms with E-state index in [0.717, 1.165) is 11.1 Å². The molecule has 148 valence electrons. The average molecular weight is 402 g/mol.